The molecule has 176 valence electrons. The molecule has 1 amide bonds. The summed E-state index contributed by atoms with van der Waals surface area (Å²) < 4.78 is 122. The summed E-state index contributed by atoms with van der Waals surface area (Å²) in [6.45, 7) is -1.49. The van der Waals surface area contributed by atoms with Crippen molar-refractivity contribution in [3.63, 3.8) is 0 Å². The highest BCUT2D eigenvalue weighted by Gasteiger charge is 2.37. The molecule has 2 N–H and O–H groups in total. The van der Waals surface area contributed by atoms with E-state index in [2.05, 4.69) is 4.74 Å². The zero-order valence-electron chi connectivity index (χ0n) is 16.1. The maximum absolute atomic E-state index is 13.1. The van der Waals surface area contributed by atoms with Crippen molar-refractivity contribution in [3.05, 3.63) is 64.2 Å². The molecule has 0 aliphatic heterocycles. The average molecular weight is 474 g/mol. The van der Waals surface area contributed by atoms with Gasteiger partial charge in [0, 0.05) is 12.2 Å². The Kier molecular flexibility index (Phi) is 6.90. The highest BCUT2D eigenvalue weighted by Crippen LogP contribution is 2.37. The number of hydrogen-bond donors (Lipinski definition) is 1. The van der Waals surface area contributed by atoms with E-state index >= 15 is 0 Å². The third-order valence-corrected chi connectivity index (χ3v) is 4.29. The van der Waals surface area contributed by atoms with Crippen LogP contribution in [0.25, 0.3) is 0 Å². The van der Waals surface area contributed by atoms with E-state index in [4.69, 9.17) is 5.73 Å². The normalized spacial score (nSPS) is 12.6. The summed E-state index contributed by atoms with van der Waals surface area (Å²) in [4.78, 5) is 12.7. The van der Waals surface area contributed by atoms with Gasteiger partial charge in [-0.25, -0.2) is 4.79 Å². The third kappa shape index (κ3) is 6.20. The van der Waals surface area contributed by atoms with Crippen LogP contribution in [-0.4, -0.2) is 18.1 Å². The lowest BCUT2D eigenvalue weighted by Gasteiger charge is -2.24. The van der Waals surface area contributed by atoms with Crippen molar-refractivity contribution in [1.82, 2.24) is 4.90 Å². The van der Waals surface area contributed by atoms with E-state index in [0.29, 0.717) is 29.2 Å². The van der Waals surface area contributed by atoms with Crippen molar-refractivity contribution in [2.24, 2.45) is 0 Å². The maximum Gasteiger partial charge on any atom is 0.416 e. The Bertz CT molecular complexity index is 950. The lowest BCUT2D eigenvalue weighted by atomic mass is 10.0. The maximum atomic E-state index is 13.1. The second kappa shape index (κ2) is 8.79. The van der Waals surface area contributed by atoms with Gasteiger partial charge in [-0.2, -0.15) is 39.5 Å². The first kappa shape index (κ1) is 25.1. The van der Waals surface area contributed by atoms with Gasteiger partial charge in [0.05, 0.1) is 30.3 Å². The summed E-state index contributed by atoms with van der Waals surface area (Å²) in [5, 5.41) is 0. The standard InChI is InChI=1S/C19H15F9N2O2/c1-32-16(31)30(9-11-6-12(17(20,21)22)2-3-15(11)29)8-10-4-13(18(23,24)25)7-14(5-10)19(26,27)28/h2-7H,8-9,29H2,1H3. The number of alkyl halides is 9. The van der Waals surface area contributed by atoms with Gasteiger partial charge in [-0.3, -0.25) is 4.90 Å². The number of benzene rings is 2. The first-order valence-electron chi connectivity index (χ1n) is 8.59. The monoisotopic (exact) mass is 474 g/mol. The molecule has 0 aromatic heterocycles. The van der Waals surface area contributed by atoms with Crippen molar-refractivity contribution in [3.8, 4) is 0 Å². The van der Waals surface area contributed by atoms with Crippen molar-refractivity contribution in [2.75, 3.05) is 12.8 Å². The fraction of sp³-hybridized carbons (Fsp3) is 0.316. The second-order valence-corrected chi connectivity index (χ2v) is 6.65. The smallest absolute Gasteiger partial charge is 0.416 e. The van der Waals surface area contributed by atoms with Crippen molar-refractivity contribution in [1.29, 1.82) is 0 Å². The summed E-state index contributed by atoms with van der Waals surface area (Å²) in [5.41, 5.74) is 0.347. The highest BCUT2D eigenvalue weighted by molar-refractivity contribution is 5.68. The van der Waals surface area contributed by atoms with E-state index in [0.717, 1.165) is 13.2 Å². The van der Waals surface area contributed by atoms with Crippen LogP contribution in [0, 0.1) is 0 Å². The molecule has 0 saturated carbocycles. The average Bonchev–Trinajstić information content (AvgIpc) is 2.65. The number of nitrogen functional groups attached to an aromatic ring is 1. The van der Waals surface area contributed by atoms with Gasteiger partial charge in [0.15, 0.2) is 0 Å². The predicted octanol–water partition coefficient (Wildman–Crippen LogP) is 6.09. The number of amides is 1. The summed E-state index contributed by atoms with van der Waals surface area (Å²) in [5.74, 6) is 0. The van der Waals surface area contributed by atoms with Crippen molar-refractivity contribution < 1.29 is 49.0 Å². The van der Waals surface area contributed by atoms with E-state index in [1.807, 2.05) is 0 Å². The lowest BCUT2D eigenvalue weighted by molar-refractivity contribution is -0.143. The molecule has 2 rings (SSSR count). The van der Waals surface area contributed by atoms with Gasteiger partial charge in [0.25, 0.3) is 0 Å². The molecule has 0 unspecified atom stereocenters. The topological polar surface area (TPSA) is 55.6 Å². The number of ether oxygens (including phenoxy) is 1. The Balaban J connectivity index is 2.48. The van der Waals surface area contributed by atoms with E-state index in [1.54, 1.807) is 0 Å². The van der Waals surface area contributed by atoms with Crippen molar-refractivity contribution >= 4 is 11.8 Å². The predicted molar refractivity (Wildman–Crippen MR) is 94.0 cm³/mol. The minimum Gasteiger partial charge on any atom is -0.453 e. The Morgan fingerprint density at radius 3 is 1.75 bits per heavy atom. The summed E-state index contributed by atoms with van der Waals surface area (Å²) in [6.07, 6.45) is -16.2. The van der Waals surface area contributed by atoms with Gasteiger partial charge in [-0.1, -0.05) is 0 Å². The minimum absolute atomic E-state index is 0.0865. The van der Waals surface area contributed by atoms with Crippen LogP contribution in [0.15, 0.2) is 36.4 Å². The molecule has 13 heteroatoms. The molecular weight excluding hydrogens is 459 g/mol. The number of nitrogens with zero attached hydrogens (tertiary/aromatic N) is 1. The van der Waals surface area contributed by atoms with Crippen LogP contribution in [0.3, 0.4) is 0 Å². The SMILES string of the molecule is COC(=O)N(Cc1cc(C(F)(F)F)cc(C(F)(F)F)c1)Cc1cc(C(F)(F)F)ccc1N. The molecule has 0 aliphatic carbocycles. The fourth-order valence-electron chi connectivity index (χ4n) is 2.77. The lowest BCUT2D eigenvalue weighted by Crippen LogP contribution is -2.30. The van der Waals surface area contributed by atoms with E-state index in [9.17, 15) is 44.3 Å². The molecule has 4 nitrogen and oxygen atoms in total. The van der Waals surface area contributed by atoms with Gasteiger partial charge < -0.3 is 10.5 Å². The second-order valence-electron chi connectivity index (χ2n) is 6.65. The van der Waals surface area contributed by atoms with Gasteiger partial charge in [-0.05, 0) is 47.5 Å². The summed E-state index contributed by atoms with van der Waals surface area (Å²) >= 11 is 0. The van der Waals surface area contributed by atoms with Gasteiger partial charge in [-0.15, -0.1) is 0 Å². The number of rotatable bonds is 4. The largest absolute Gasteiger partial charge is 0.453 e. The van der Waals surface area contributed by atoms with Crippen LogP contribution < -0.4 is 5.73 Å². The van der Waals surface area contributed by atoms with Crippen LogP contribution in [0.4, 0.5) is 50.0 Å². The zero-order valence-corrected chi connectivity index (χ0v) is 16.1. The van der Waals surface area contributed by atoms with Crippen LogP contribution in [0.1, 0.15) is 27.8 Å². The number of nitrogens with two attached hydrogens (primary N) is 1. The molecule has 0 saturated heterocycles. The molecule has 0 atom stereocenters. The van der Waals surface area contributed by atoms with E-state index in [-0.39, 0.29) is 17.3 Å². The first-order chi connectivity index (χ1) is 14.5. The van der Waals surface area contributed by atoms with Crippen LogP contribution in [0.5, 0.6) is 0 Å². The van der Waals surface area contributed by atoms with E-state index < -0.39 is 60.0 Å². The summed E-state index contributed by atoms with van der Waals surface area (Å²) in [6, 6.07) is 2.94. The van der Waals surface area contributed by atoms with Crippen LogP contribution in [-0.2, 0) is 36.4 Å². The Morgan fingerprint density at radius 1 is 0.812 bits per heavy atom. The molecule has 0 radical (unpaired) electrons. The molecule has 0 fully saturated rings. The quantitative estimate of drug-likeness (QED) is 0.431. The zero-order chi connectivity index (χ0) is 24.5. The number of carbonyl (C=O) groups is 1. The molecule has 0 spiro atoms. The van der Waals surface area contributed by atoms with Gasteiger partial charge >= 0.3 is 24.6 Å². The first-order valence-corrected chi connectivity index (χ1v) is 8.59. The molecular formula is C19H15F9N2O2. The molecule has 0 bridgehead atoms. The number of halogens is 9. The highest BCUT2D eigenvalue weighted by atomic mass is 19.4. The van der Waals surface area contributed by atoms with Crippen LogP contribution in [0.2, 0.25) is 0 Å². The Morgan fingerprint density at radius 2 is 1.31 bits per heavy atom. The molecule has 2 aromatic rings. The van der Waals surface area contributed by atoms with E-state index in [1.165, 1.54) is 0 Å². The molecule has 2 aromatic carbocycles. The molecule has 32 heavy (non-hydrogen) atoms. The Hall–Kier alpha value is -3.12. The number of anilines is 1. The number of hydrogen-bond acceptors (Lipinski definition) is 3. The minimum atomic E-state index is -5.11. The molecule has 0 heterocycles. The number of carbonyl (C=O) groups excluding carboxylic acids is 1. The third-order valence-electron chi connectivity index (χ3n) is 4.29. The number of methoxy groups -OCH3 is 1. The summed E-state index contributed by atoms with van der Waals surface area (Å²) in [7, 11) is 0.887. The van der Waals surface area contributed by atoms with Gasteiger partial charge in [0.2, 0.25) is 0 Å². The van der Waals surface area contributed by atoms with Crippen molar-refractivity contribution in [2.45, 2.75) is 31.6 Å². The Labute approximate surface area is 175 Å². The fourth-order valence-corrected chi connectivity index (χ4v) is 2.77. The molecule has 0 aliphatic rings. The van der Waals surface area contributed by atoms with Crippen LogP contribution >= 0.6 is 0 Å². The van der Waals surface area contributed by atoms with Gasteiger partial charge in [0.1, 0.15) is 0 Å².